The zero-order valence-electron chi connectivity index (χ0n) is 42.1. The van der Waals surface area contributed by atoms with Crippen LogP contribution in [0.15, 0.2) is 273 Å². The quantitative estimate of drug-likeness (QED) is 0.126. The molecular formula is C71H45N7. The van der Waals surface area contributed by atoms with Gasteiger partial charge in [-0.05, 0) is 120 Å². The average molecular weight is 996 g/mol. The van der Waals surface area contributed by atoms with Crippen LogP contribution in [-0.2, 0) is 0 Å². The zero-order chi connectivity index (χ0) is 51.8. The van der Waals surface area contributed by atoms with Crippen LogP contribution < -0.4 is 0 Å². The van der Waals surface area contributed by atoms with Gasteiger partial charge in [0.2, 0.25) is 0 Å². The monoisotopic (exact) mass is 995 g/mol. The first kappa shape index (κ1) is 45.9. The van der Waals surface area contributed by atoms with Gasteiger partial charge in [0.1, 0.15) is 11.4 Å². The molecular weight excluding hydrogens is 951 g/mol. The van der Waals surface area contributed by atoms with Gasteiger partial charge in [-0.25, -0.2) is 34.9 Å². The topological polar surface area (TPSA) is 90.2 Å². The molecule has 9 aromatic carbocycles. The van der Waals surface area contributed by atoms with E-state index in [-0.39, 0.29) is 0 Å². The predicted molar refractivity (Wildman–Crippen MR) is 318 cm³/mol. The van der Waals surface area contributed by atoms with Gasteiger partial charge in [-0.15, -0.1) is 0 Å². The van der Waals surface area contributed by atoms with E-state index in [1.165, 1.54) is 27.1 Å². The molecule has 0 bridgehead atoms. The lowest BCUT2D eigenvalue weighted by Gasteiger charge is -2.13. The van der Waals surface area contributed by atoms with Crippen molar-refractivity contribution in [2.24, 2.45) is 0 Å². The smallest absolute Gasteiger partial charge is 0.182 e. The van der Waals surface area contributed by atoms with Gasteiger partial charge < -0.3 is 0 Å². The fraction of sp³-hybridized carbons (Fsp3) is 0. The van der Waals surface area contributed by atoms with Gasteiger partial charge in [-0.3, -0.25) is 0 Å². The van der Waals surface area contributed by atoms with E-state index in [0.29, 0.717) is 40.2 Å². The maximum Gasteiger partial charge on any atom is 0.182 e. The fourth-order valence-corrected chi connectivity index (χ4v) is 10.4. The van der Waals surface area contributed by atoms with Crippen LogP contribution in [0.3, 0.4) is 0 Å². The molecule has 14 aromatic rings. The van der Waals surface area contributed by atoms with Gasteiger partial charge >= 0.3 is 0 Å². The summed E-state index contributed by atoms with van der Waals surface area (Å²) in [5, 5.41) is 6.94. The molecule has 0 amide bonds. The number of hydrogen-bond acceptors (Lipinski definition) is 7. The van der Waals surface area contributed by atoms with Crippen molar-refractivity contribution in [3.05, 3.63) is 273 Å². The van der Waals surface area contributed by atoms with Crippen molar-refractivity contribution >= 4 is 32.3 Å². The molecule has 0 aliphatic heterocycles. The molecule has 0 N–H and O–H groups in total. The molecule has 0 saturated carbocycles. The number of fused-ring (bicyclic) bond motifs is 4. The second-order valence-corrected chi connectivity index (χ2v) is 19.3. The van der Waals surface area contributed by atoms with E-state index in [0.717, 1.165) is 78.1 Å². The highest BCUT2D eigenvalue weighted by Crippen LogP contribution is 2.37. The van der Waals surface area contributed by atoms with E-state index < -0.39 is 0 Å². The Bertz CT molecular complexity index is 4540. The molecule has 0 atom stereocenters. The Balaban J connectivity index is 0.889. The largest absolute Gasteiger partial charge is 0.246 e. The number of benzene rings is 9. The second kappa shape index (κ2) is 19.9. The molecule has 7 nitrogen and oxygen atoms in total. The normalized spacial score (nSPS) is 11.3. The fourth-order valence-electron chi connectivity index (χ4n) is 10.4. The summed E-state index contributed by atoms with van der Waals surface area (Å²) in [6.07, 6.45) is 0. The lowest BCUT2D eigenvalue weighted by Crippen LogP contribution is -2.03. The summed E-state index contributed by atoms with van der Waals surface area (Å²) < 4.78 is 0. The van der Waals surface area contributed by atoms with Gasteiger partial charge in [0.25, 0.3) is 0 Å². The van der Waals surface area contributed by atoms with Gasteiger partial charge in [0, 0.05) is 16.7 Å². The number of pyridine rings is 4. The molecule has 0 unspecified atom stereocenters. The van der Waals surface area contributed by atoms with Crippen molar-refractivity contribution in [3.8, 4) is 113 Å². The van der Waals surface area contributed by atoms with E-state index in [4.69, 9.17) is 34.9 Å². The highest BCUT2D eigenvalue weighted by molar-refractivity contribution is 6.08. The molecule has 0 aliphatic rings. The third-order valence-corrected chi connectivity index (χ3v) is 14.3. The predicted octanol–water partition coefficient (Wildman–Crippen LogP) is 17.6. The Labute approximate surface area is 451 Å². The van der Waals surface area contributed by atoms with Crippen LogP contribution in [0, 0.1) is 0 Å². The molecule has 0 aliphatic carbocycles. The summed E-state index contributed by atoms with van der Waals surface area (Å²) in [6, 6.07) is 94.2. The summed E-state index contributed by atoms with van der Waals surface area (Å²) in [7, 11) is 0. The molecule has 0 saturated heterocycles. The molecule has 5 aromatic heterocycles. The zero-order valence-corrected chi connectivity index (χ0v) is 42.1. The van der Waals surface area contributed by atoms with Crippen LogP contribution in [0.5, 0.6) is 0 Å². The average Bonchev–Trinajstić information content (AvgIpc) is 3.61. The van der Waals surface area contributed by atoms with Crippen molar-refractivity contribution in [3.63, 3.8) is 0 Å². The molecule has 0 spiro atoms. The van der Waals surface area contributed by atoms with Gasteiger partial charge in [0.05, 0.1) is 34.2 Å². The van der Waals surface area contributed by atoms with E-state index in [2.05, 4.69) is 176 Å². The molecule has 7 heteroatoms. The van der Waals surface area contributed by atoms with Crippen molar-refractivity contribution in [2.75, 3.05) is 0 Å². The van der Waals surface area contributed by atoms with E-state index in [1.54, 1.807) is 0 Å². The first-order chi connectivity index (χ1) is 38.6. The lowest BCUT2D eigenvalue weighted by atomic mass is 9.96. The highest BCUT2D eigenvalue weighted by Gasteiger charge is 2.19. The van der Waals surface area contributed by atoms with Crippen LogP contribution in [0.2, 0.25) is 0 Å². The number of hydrogen-bond donors (Lipinski definition) is 0. The van der Waals surface area contributed by atoms with Crippen LogP contribution >= 0.6 is 0 Å². The standard InChI is InChI=1S/C71H45N7/c1-4-17-46(18-5-1)47-33-35-48(36-34-47)55-42-65(51-21-6-2-7-22-51)74-67(44-55)61-29-15-31-63(72-61)70-76-69(60-28-14-25-49-19-10-13-27-58(49)60)77-71(78-70)64-32-16-30-62(73-64)68-45-56(43-66(75-68)52-23-8-3-9-24-52)53-39-40-59-54(41-53)38-37-50-20-11-12-26-57(50)59/h1-45H. The third-order valence-electron chi connectivity index (χ3n) is 14.3. The maximum absolute atomic E-state index is 5.32. The van der Waals surface area contributed by atoms with Crippen molar-refractivity contribution in [1.29, 1.82) is 0 Å². The number of aromatic nitrogens is 7. The van der Waals surface area contributed by atoms with Crippen LogP contribution in [0.4, 0.5) is 0 Å². The first-order valence-corrected chi connectivity index (χ1v) is 26.0. The summed E-state index contributed by atoms with van der Waals surface area (Å²) in [5.41, 5.74) is 15.1. The van der Waals surface area contributed by atoms with Gasteiger partial charge in [-0.1, -0.05) is 218 Å². The highest BCUT2D eigenvalue weighted by atomic mass is 15.1. The molecule has 14 rings (SSSR count). The second-order valence-electron chi connectivity index (χ2n) is 19.3. The minimum Gasteiger partial charge on any atom is -0.246 e. The van der Waals surface area contributed by atoms with Crippen LogP contribution in [0.1, 0.15) is 0 Å². The molecule has 5 heterocycles. The maximum atomic E-state index is 5.32. The van der Waals surface area contributed by atoms with E-state index in [9.17, 15) is 0 Å². The lowest BCUT2D eigenvalue weighted by molar-refractivity contribution is 1.05. The summed E-state index contributed by atoms with van der Waals surface area (Å²) in [6.45, 7) is 0. The Kier molecular flexibility index (Phi) is 11.7. The number of nitrogens with zero attached hydrogens (tertiary/aromatic N) is 7. The summed E-state index contributed by atoms with van der Waals surface area (Å²) in [5.74, 6) is 1.32. The van der Waals surface area contributed by atoms with Crippen LogP contribution in [0.25, 0.3) is 145 Å². The molecule has 0 radical (unpaired) electrons. The molecule has 78 heavy (non-hydrogen) atoms. The van der Waals surface area contributed by atoms with Gasteiger partial charge in [-0.2, -0.15) is 0 Å². The summed E-state index contributed by atoms with van der Waals surface area (Å²) >= 11 is 0. The Morgan fingerprint density at radius 1 is 0.167 bits per heavy atom. The van der Waals surface area contributed by atoms with Crippen LogP contribution in [-0.4, -0.2) is 34.9 Å². The van der Waals surface area contributed by atoms with Crippen molar-refractivity contribution in [1.82, 2.24) is 34.9 Å². The van der Waals surface area contributed by atoms with Crippen molar-refractivity contribution < 1.29 is 0 Å². The minimum absolute atomic E-state index is 0.406. The molecule has 364 valence electrons. The number of rotatable bonds is 10. The Hall–Kier alpha value is -10.6. The van der Waals surface area contributed by atoms with Gasteiger partial charge in [0.15, 0.2) is 17.5 Å². The first-order valence-electron chi connectivity index (χ1n) is 26.0. The van der Waals surface area contributed by atoms with Crippen molar-refractivity contribution in [2.45, 2.75) is 0 Å². The SMILES string of the molecule is c1ccc(-c2ccc(-c3cc(-c4ccccc4)nc(-c4cccc(-c5nc(-c6cccc(-c7cc(-c8ccc9c(ccc%10ccccc%109)c8)cc(-c8ccccc8)n7)n6)nc(-c6cccc7ccccc67)n5)n4)c3)cc2)cc1. The van der Waals surface area contributed by atoms with E-state index in [1.807, 2.05) is 97.1 Å². The third kappa shape index (κ3) is 9.01. The Morgan fingerprint density at radius 3 is 1.15 bits per heavy atom. The summed E-state index contributed by atoms with van der Waals surface area (Å²) in [4.78, 5) is 36.8. The van der Waals surface area contributed by atoms with E-state index >= 15 is 0 Å². The minimum atomic E-state index is 0.406. The Morgan fingerprint density at radius 2 is 0.551 bits per heavy atom. The molecule has 0 fully saturated rings.